The summed E-state index contributed by atoms with van der Waals surface area (Å²) in [7, 11) is 0. The summed E-state index contributed by atoms with van der Waals surface area (Å²) in [5, 5.41) is 58.8. The highest BCUT2D eigenvalue weighted by molar-refractivity contribution is 5.72. The normalized spacial score (nSPS) is 32.2. The van der Waals surface area contributed by atoms with Gasteiger partial charge in [-0.3, -0.25) is 0 Å². The van der Waals surface area contributed by atoms with Gasteiger partial charge in [0.15, 0.2) is 12.1 Å². The molecular weight excluding hydrogens is 264 g/mol. The average Bonchev–Trinajstić information content (AvgIpc) is 2.59. The number of primary amides is 1. The molecule has 0 aliphatic carbocycles. The van der Waals surface area contributed by atoms with Crippen molar-refractivity contribution in [2.75, 3.05) is 20.1 Å². The molecule has 11 nitrogen and oxygen atoms in total. The van der Waals surface area contributed by atoms with Crippen molar-refractivity contribution in [2.45, 2.75) is 24.3 Å². The van der Waals surface area contributed by atoms with Gasteiger partial charge in [-0.15, -0.1) is 0 Å². The summed E-state index contributed by atoms with van der Waals surface area (Å²) < 4.78 is 0. The van der Waals surface area contributed by atoms with E-state index >= 15 is 0 Å². The van der Waals surface area contributed by atoms with E-state index < -0.39 is 50.4 Å². The van der Waals surface area contributed by atoms with Crippen molar-refractivity contribution < 1.29 is 35.4 Å². The summed E-state index contributed by atoms with van der Waals surface area (Å²) in [5.41, 5.74) is 2.43. The number of urea groups is 1. The van der Waals surface area contributed by atoms with E-state index in [-0.39, 0.29) is 0 Å². The van der Waals surface area contributed by atoms with E-state index in [1.807, 2.05) is 5.32 Å². The van der Waals surface area contributed by atoms with Crippen molar-refractivity contribution in [3.63, 3.8) is 0 Å². The molecule has 0 saturated carbocycles. The van der Waals surface area contributed by atoms with Crippen LogP contribution >= 0.6 is 0 Å². The molecule has 0 bridgehead atoms. The minimum atomic E-state index is -2.42. The number of carbonyl (C=O) groups is 1. The fourth-order valence-corrected chi connectivity index (χ4v) is 2.08. The number of aliphatic hydroxyl groups excluding tert-OH is 5. The van der Waals surface area contributed by atoms with Crippen LogP contribution < -0.4 is 11.1 Å². The number of rotatable bonds is 5. The fraction of sp³-hybridized carbons (Fsp3) is 0.875. The van der Waals surface area contributed by atoms with Gasteiger partial charge in [0.2, 0.25) is 0 Å². The Kier molecular flexibility index (Phi) is 5.00. The van der Waals surface area contributed by atoms with Gasteiger partial charge in [0, 0.05) is 0 Å². The zero-order valence-electron chi connectivity index (χ0n) is 9.92. The maximum Gasteiger partial charge on any atom is 0.314 e. The Bertz CT molecular complexity index is 332. The van der Waals surface area contributed by atoms with Crippen LogP contribution in [0.2, 0.25) is 0 Å². The van der Waals surface area contributed by atoms with Gasteiger partial charge in [-0.1, -0.05) is 0 Å². The third-order valence-electron chi connectivity index (χ3n) is 2.97. The summed E-state index contributed by atoms with van der Waals surface area (Å²) in [6.07, 6.45) is -3.29. The Balaban J connectivity index is 3.09. The van der Waals surface area contributed by atoms with Crippen molar-refractivity contribution >= 4 is 6.03 Å². The number of nitrogens with zero attached hydrogens (tertiary/aromatic N) is 2. The monoisotopic (exact) mass is 282 g/mol. The minimum absolute atomic E-state index is 0.712. The zero-order chi connectivity index (χ0) is 14.8. The maximum absolute atomic E-state index is 10.8. The molecule has 1 heterocycles. The molecule has 0 aromatic rings. The Morgan fingerprint density at radius 1 is 1.21 bits per heavy atom. The van der Waals surface area contributed by atoms with E-state index in [9.17, 15) is 20.1 Å². The lowest BCUT2D eigenvalue weighted by Gasteiger charge is -2.37. The van der Waals surface area contributed by atoms with Crippen LogP contribution in [-0.2, 0) is 0 Å². The van der Waals surface area contributed by atoms with Crippen molar-refractivity contribution in [2.24, 2.45) is 5.73 Å². The van der Waals surface area contributed by atoms with Crippen LogP contribution in [-0.4, -0.2) is 90.9 Å². The highest BCUT2D eigenvalue weighted by atomic mass is 16.4. The van der Waals surface area contributed by atoms with Crippen LogP contribution in [0.1, 0.15) is 0 Å². The van der Waals surface area contributed by atoms with E-state index in [0.717, 1.165) is 4.90 Å². The van der Waals surface area contributed by atoms with Crippen molar-refractivity contribution in [3.8, 4) is 0 Å². The van der Waals surface area contributed by atoms with Crippen LogP contribution in [0.5, 0.6) is 0 Å². The fourth-order valence-electron chi connectivity index (χ4n) is 2.08. The number of hydrogen-bond acceptors (Lipinski definition) is 9. The summed E-state index contributed by atoms with van der Waals surface area (Å²) >= 11 is 0. The van der Waals surface area contributed by atoms with Crippen molar-refractivity contribution in [1.29, 1.82) is 0 Å². The number of amides is 2. The van der Waals surface area contributed by atoms with E-state index in [1.165, 1.54) is 0 Å². The summed E-state index contributed by atoms with van der Waals surface area (Å²) in [4.78, 5) is 12.3. The Morgan fingerprint density at radius 3 is 2.11 bits per heavy atom. The second-order valence-corrected chi connectivity index (χ2v) is 4.09. The predicted octanol–water partition coefficient (Wildman–Crippen LogP) is -5.18. The van der Waals surface area contributed by atoms with Crippen LogP contribution in [0.3, 0.4) is 0 Å². The molecule has 1 fully saturated rings. The van der Waals surface area contributed by atoms with Crippen molar-refractivity contribution in [1.82, 2.24) is 15.1 Å². The maximum atomic E-state index is 10.8. The standard InChI is InChI=1S/C8H18N4O7/c9-6(17)10-8(19,1-13)4-5(16)12(3-15)7(18)11(4)2-14/h4-5,7,13-16,18-19H,1-3H2,(H3,9,10,17). The molecule has 4 atom stereocenters. The molecule has 0 radical (unpaired) electrons. The number of aliphatic hydroxyl groups is 6. The van der Waals surface area contributed by atoms with Gasteiger partial charge in [-0.2, -0.15) is 0 Å². The number of carbonyl (C=O) groups excluding carboxylic acids is 1. The lowest BCUT2D eigenvalue weighted by molar-refractivity contribution is -0.148. The molecule has 1 aliphatic rings. The van der Waals surface area contributed by atoms with E-state index in [2.05, 4.69) is 0 Å². The molecule has 9 N–H and O–H groups in total. The van der Waals surface area contributed by atoms with Crippen LogP contribution in [0.15, 0.2) is 0 Å². The third kappa shape index (κ3) is 2.77. The summed E-state index contributed by atoms with van der Waals surface area (Å²) in [6, 6.07) is -2.70. The molecule has 19 heavy (non-hydrogen) atoms. The second-order valence-electron chi connectivity index (χ2n) is 4.09. The molecule has 1 aliphatic heterocycles. The number of nitrogens with one attached hydrogen (secondary N) is 1. The number of nitrogens with two attached hydrogens (primary N) is 1. The molecule has 0 aromatic carbocycles. The molecule has 1 rings (SSSR count). The van der Waals surface area contributed by atoms with E-state index in [1.54, 1.807) is 0 Å². The SMILES string of the molecule is NC(=O)NC(O)(CO)C1C(O)N(CO)C(O)N1CO. The largest absolute Gasteiger partial charge is 0.391 e. The van der Waals surface area contributed by atoms with Gasteiger partial charge in [0.25, 0.3) is 0 Å². The quantitative estimate of drug-likeness (QED) is 0.228. The van der Waals surface area contributed by atoms with Gasteiger partial charge in [0.1, 0.15) is 19.0 Å². The Morgan fingerprint density at radius 2 is 1.74 bits per heavy atom. The Hall–Kier alpha value is -1.05. The molecule has 0 spiro atoms. The van der Waals surface area contributed by atoms with Gasteiger partial charge in [-0.05, 0) is 0 Å². The minimum Gasteiger partial charge on any atom is -0.391 e. The first-order chi connectivity index (χ1) is 8.82. The topological polar surface area (TPSA) is 183 Å². The van der Waals surface area contributed by atoms with E-state index in [0.29, 0.717) is 4.90 Å². The first-order valence-corrected chi connectivity index (χ1v) is 5.32. The molecule has 4 unspecified atom stereocenters. The second kappa shape index (κ2) is 5.94. The summed E-state index contributed by atoms with van der Waals surface area (Å²) in [6.45, 7) is -2.64. The molecule has 2 amide bonds. The Labute approximate surface area is 108 Å². The van der Waals surface area contributed by atoms with Gasteiger partial charge in [-0.25, -0.2) is 14.6 Å². The summed E-state index contributed by atoms with van der Waals surface area (Å²) in [5.74, 6) is 0. The molecule has 1 saturated heterocycles. The molecular formula is C8H18N4O7. The predicted molar refractivity (Wildman–Crippen MR) is 58.4 cm³/mol. The lowest BCUT2D eigenvalue weighted by atomic mass is 10.0. The van der Waals surface area contributed by atoms with Crippen LogP contribution in [0.25, 0.3) is 0 Å². The first kappa shape index (κ1) is 16.0. The third-order valence-corrected chi connectivity index (χ3v) is 2.97. The van der Waals surface area contributed by atoms with Crippen molar-refractivity contribution in [3.05, 3.63) is 0 Å². The van der Waals surface area contributed by atoms with E-state index in [4.69, 9.17) is 21.1 Å². The number of hydrogen-bond donors (Lipinski definition) is 8. The smallest absolute Gasteiger partial charge is 0.314 e. The zero-order valence-corrected chi connectivity index (χ0v) is 9.92. The molecule has 0 aromatic heterocycles. The molecule has 11 heteroatoms. The van der Waals surface area contributed by atoms with Gasteiger partial charge < -0.3 is 41.7 Å². The average molecular weight is 282 g/mol. The highest BCUT2D eigenvalue weighted by Gasteiger charge is 2.55. The van der Waals surface area contributed by atoms with Gasteiger partial charge in [0.05, 0.1) is 13.3 Å². The molecule has 112 valence electrons. The van der Waals surface area contributed by atoms with Crippen LogP contribution in [0, 0.1) is 0 Å². The lowest BCUT2D eigenvalue weighted by Crippen LogP contribution is -2.67. The highest BCUT2D eigenvalue weighted by Crippen LogP contribution is 2.29. The van der Waals surface area contributed by atoms with Crippen LogP contribution in [0.4, 0.5) is 4.79 Å². The van der Waals surface area contributed by atoms with Gasteiger partial charge >= 0.3 is 6.03 Å². The first-order valence-electron chi connectivity index (χ1n) is 5.32.